The van der Waals surface area contributed by atoms with Gasteiger partial charge in [-0.15, -0.1) is 0 Å². The molecule has 2 heteroatoms. The van der Waals surface area contributed by atoms with Gasteiger partial charge in [0, 0.05) is 5.41 Å². The lowest BCUT2D eigenvalue weighted by atomic mass is 9.69. The Balaban J connectivity index is 3.19. The molecule has 19 heavy (non-hydrogen) atoms. The number of hydrogen-bond acceptors (Lipinski definition) is 2. The summed E-state index contributed by atoms with van der Waals surface area (Å²) >= 11 is 0. The van der Waals surface area contributed by atoms with Gasteiger partial charge in [-0.05, 0) is 25.3 Å². The van der Waals surface area contributed by atoms with E-state index in [9.17, 15) is 4.79 Å². The van der Waals surface area contributed by atoms with Crippen LogP contribution in [0.15, 0.2) is 42.5 Å². The Morgan fingerprint density at radius 3 is 2.42 bits per heavy atom. The molecule has 1 aromatic carbocycles. The largest absolute Gasteiger partial charge is 0.466 e. The molecule has 1 atom stereocenters. The molecule has 0 unspecified atom stereocenters. The van der Waals surface area contributed by atoms with Crippen molar-refractivity contribution in [3.63, 3.8) is 0 Å². The van der Waals surface area contributed by atoms with Crippen LogP contribution in [0.1, 0.15) is 39.7 Å². The zero-order valence-electron chi connectivity index (χ0n) is 12.3. The lowest BCUT2D eigenvalue weighted by Gasteiger charge is -2.34. The first-order valence-electron chi connectivity index (χ1n) is 6.91. The first-order valence-corrected chi connectivity index (χ1v) is 6.91. The summed E-state index contributed by atoms with van der Waals surface area (Å²) in [5.74, 6) is 0.175. The van der Waals surface area contributed by atoms with Gasteiger partial charge >= 0.3 is 5.97 Å². The zero-order chi connectivity index (χ0) is 14.3. The molecule has 0 amide bonds. The molecule has 0 spiro atoms. The average molecular weight is 260 g/mol. The molecule has 0 bridgehead atoms. The number of carbonyl (C=O) groups is 1. The summed E-state index contributed by atoms with van der Waals surface area (Å²) < 4.78 is 5.14. The van der Waals surface area contributed by atoms with E-state index in [1.54, 1.807) is 0 Å². The van der Waals surface area contributed by atoms with Crippen molar-refractivity contribution in [1.29, 1.82) is 0 Å². The van der Waals surface area contributed by atoms with Gasteiger partial charge in [-0.1, -0.05) is 56.3 Å². The third kappa shape index (κ3) is 3.69. The van der Waals surface area contributed by atoms with Crippen molar-refractivity contribution in [2.24, 2.45) is 5.92 Å². The molecule has 0 fully saturated rings. The Bertz CT molecular complexity index is 420. The van der Waals surface area contributed by atoms with E-state index < -0.39 is 0 Å². The Morgan fingerprint density at radius 2 is 1.95 bits per heavy atom. The smallest absolute Gasteiger partial charge is 0.307 e. The minimum absolute atomic E-state index is 0.141. The molecule has 2 nitrogen and oxygen atoms in total. The summed E-state index contributed by atoms with van der Waals surface area (Å²) in [6.45, 7) is 8.55. The van der Waals surface area contributed by atoms with E-state index in [0.717, 1.165) is 5.56 Å². The van der Waals surface area contributed by atoms with Crippen molar-refractivity contribution < 1.29 is 9.53 Å². The van der Waals surface area contributed by atoms with Gasteiger partial charge in [-0.3, -0.25) is 4.79 Å². The highest BCUT2D eigenvalue weighted by Gasteiger charge is 2.35. The Hall–Kier alpha value is -1.57. The number of rotatable bonds is 6. The molecule has 1 aromatic rings. The van der Waals surface area contributed by atoms with E-state index in [-0.39, 0.29) is 11.4 Å². The highest BCUT2D eigenvalue weighted by molar-refractivity contribution is 5.72. The first kappa shape index (κ1) is 15.5. The minimum Gasteiger partial charge on any atom is -0.466 e. The van der Waals surface area contributed by atoms with Gasteiger partial charge in [0.1, 0.15) is 0 Å². The maximum Gasteiger partial charge on any atom is 0.307 e. The quantitative estimate of drug-likeness (QED) is 0.568. The monoisotopic (exact) mass is 260 g/mol. The highest BCUT2D eigenvalue weighted by Crippen LogP contribution is 2.37. The summed E-state index contributed by atoms with van der Waals surface area (Å²) in [6.07, 6.45) is 4.53. The first-order chi connectivity index (χ1) is 9.06. The molecule has 0 radical (unpaired) electrons. The number of benzene rings is 1. The summed E-state index contributed by atoms with van der Waals surface area (Å²) in [5, 5.41) is 0. The lowest BCUT2D eigenvalue weighted by molar-refractivity contribution is -0.144. The van der Waals surface area contributed by atoms with Gasteiger partial charge in [0.15, 0.2) is 0 Å². The average Bonchev–Trinajstić information content (AvgIpc) is 2.39. The van der Waals surface area contributed by atoms with Gasteiger partial charge in [0.05, 0.1) is 13.0 Å². The maximum atomic E-state index is 12.0. The molecule has 0 saturated heterocycles. The second kappa shape index (κ2) is 7.13. The van der Waals surface area contributed by atoms with Gasteiger partial charge in [-0.25, -0.2) is 0 Å². The molecular formula is C17H24O2. The number of allylic oxidation sites excluding steroid dienone is 2. The zero-order valence-corrected chi connectivity index (χ0v) is 12.3. The fraction of sp³-hybridized carbons (Fsp3) is 0.471. The van der Waals surface area contributed by atoms with Crippen LogP contribution in [0.25, 0.3) is 0 Å². The molecule has 0 N–H and O–H groups in total. The number of carbonyl (C=O) groups excluding carboxylic acids is 1. The molecule has 0 aliphatic carbocycles. The SMILES string of the molecule is C/C=C/[C@@](CC(=O)OCC)(c1ccccc1)C(C)C. The van der Waals surface area contributed by atoms with Crippen LogP contribution in [0.5, 0.6) is 0 Å². The second-order valence-electron chi connectivity index (χ2n) is 5.04. The van der Waals surface area contributed by atoms with E-state index >= 15 is 0 Å². The van der Waals surface area contributed by atoms with Crippen molar-refractivity contribution in [2.45, 2.75) is 39.5 Å². The van der Waals surface area contributed by atoms with E-state index in [2.05, 4.69) is 32.1 Å². The molecule has 0 aliphatic heterocycles. The van der Waals surface area contributed by atoms with Crippen LogP contribution in [0.4, 0.5) is 0 Å². The van der Waals surface area contributed by atoms with E-state index in [4.69, 9.17) is 4.74 Å². The molecule has 104 valence electrons. The fourth-order valence-corrected chi connectivity index (χ4v) is 2.48. The highest BCUT2D eigenvalue weighted by atomic mass is 16.5. The third-order valence-corrected chi connectivity index (χ3v) is 3.55. The van der Waals surface area contributed by atoms with Crippen molar-refractivity contribution in [3.8, 4) is 0 Å². The minimum atomic E-state index is -0.289. The summed E-state index contributed by atoms with van der Waals surface area (Å²) in [5.41, 5.74) is 0.874. The predicted octanol–water partition coefficient (Wildman–Crippen LogP) is 4.11. The summed E-state index contributed by atoms with van der Waals surface area (Å²) in [6, 6.07) is 10.2. The van der Waals surface area contributed by atoms with Crippen LogP contribution in [-0.4, -0.2) is 12.6 Å². The Labute approximate surface area is 116 Å². The standard InChI is InChI=1S/C17H24O2/c1-5-12-17(14(3)4,13-16(18)19-6-2)15-10-8-7-9-11-15/h5,7-12,14H,6,13H2,1-4H3/b12-5+/t17-/m0/s1. The lowest BCUT2D eigenvalue weighted by Crippen LogP contribution is -2.33. The second-order valence-corrected chi connectivity index (χ2v) is 5.04. The molecular weight excluding hydrogens is 236 g/mol. The van der Waals surface area contributed by atoms with E-state index in [1.165, 1.54) is 0 Å². The van der Waals surface area contributed by atoms with Crippen molar-refractivity contribution >= 4 is 5.97 Å². The third-order valence-electron chi connectivity index (χ3n) is 3.55. The van der Waals surface area contributed by atoms with Crippen molar-refractivity contribution in [2.75, 3.05) is 6.61 Å². The number of ether oxygens (including phenoxy) is 1. The molecule has 1 rings (SSSR count). The molecule has 0 aliphatic rings. The van der Waals surface area contributed by atoms with E-state index in [0.29, 0.717) is 18.9 Å². The van der Waals surface area contributed by atoms with Crippen LogP contribution < -0.4 is 0 Å². The van der Waals surface area contributed by atoms with Gasteiger partial charge in [0.25, 0.3) is 0 Å². The Kier molecular flexibility index (Phi) is 5.81. The predicted molar refractivity (Wildman–Crippen MR) is 79.0 cm³/mol. The normalized spacial score (nSPS) is 14.6. The van der Waals surface area contributed by atoms with Crippen LogP contribution in [0.3, 0.4) is 0 Å². The van der Waals surface area contributed by atoms with E-state index in [1.807, 2.05) is 38.1 Å². The maximum absolute atomic E-state index is 12.0. The topological polar surface area (TPSA) is 26.3 Å². The molecule has 0 aromatic heterocycles. The number of hydrogen-bond donors (Lipinski definition) is 0. The Morgan fingerprint density at radius 1 is 1.32 bits per heavy atom. The van der Waals surface area contributed by atoms with Crippen LogP contribution in [-0.2, 0) is 14.9 Å². The van der Waals surface area contributed by atoms with Gasteiger partial charge in [0.2, 0.25) is 0 Å². The molecule has 0 saturated carbocycles. The summed E-state index contributed by atoms with van der Waals surface area (Å²) in [4.78, 5) is 12.0. The van der Waals surface area contributed by atoms with Crippen molar-refractivity contribution in [3.05, 3.63) is 48.0 Å². The van der Waals surface area contributed by atoms with Crippen molar-refractivity contribution in [1.82, 2.24) is 0 Å². The van der Waals surface area contributed by atoms with Gasteiger partial charge in [-0.2, -0.15) is 0 Å². The van der Waals surface area contributed by atoms with Crippen LogP contribution in [0.2, 0.25) is 0 Å². The fourth-order valence-electron chi connectivity index (χ4n) is 2.48. The number of esters is 1. The van der Waals surface area contributed by atoms with Crippen LogP contribution in [0, 0.1) is 5.92 Å². The summed E-state index contributed by atoms with van der Waals surface area (Å²) in [7, 11) is 0. The van der Waals surface area contributed by atoms with Crippen LogP contribution >= 0.6 is 0 Å². The van der Waals surface area contributed by atoms with Gasteiger partial charge < -0.3 is 4.74 Å². The molecule has 0 heterocycles.